The van der Waals surface area contributed by atoms with Gasteiger partial charge in [-0.2, -0.15) is 0 Å². The molecule has 2 rings (SSSR count). The number of carboxylic acids is 1. The van der Waals surface area contributed by atoms with Gasteiger partial charge >= 0.3 is 5.97 Å². The number of rotatable bonds is 5. The maximum Gasteiger partial charge on any atom is 0.341 e. The minimum atomic E-state index is -1.02. The quantitative estimate of drug-likeness (QED) is 0.809. The number of hydrogen-bond donors (Lipinski definition) is 2. The van der Waals surface area contributed by atoms with Crippen molar-refractivity contribution in [3.8, 4) is 5.75 Å². The molecule has 1 amide bonds. The lowest BCUT2D eigenvalue weighted by molar-refractivity contribution is -0.139. The normalized spacial score (nSPS) is 14.2. The maximum absolute atomic E-state index is 12.0. The predicted octanol–water partition coefficient (Wildman–Crippen LogP) is 2.36. The summed E-state index contributed by atoms with van der Waals surface area (Å²) in [4.78, 5) is 22.4. The molecule has 0 aliphatic heterocycles. The molecule has 106 valence electrons. The summed E-state index contributed by atoms with van der Waals surface area (Å²) >= 11 is 0. The van der Waals surface area contributed by atoms with Crippen molar-refractivity contribution < 1.29 is 19.4 Å². The Kier molecular flexibility index (Phi) is 4.40. The van der Waals surface area contributed by atoms with Crippen molar-refractivity contribution in [2.75, 3.05) is 11.9 Å². The molecule has 5 heteroatoms. The molecule has 0 fully saturated rings. The van der Waals surface area contributed by atoms with Crippen molar-refractivity contribution in [3.05, 3.63) is 35.9 Å². The van der Waals surface area contributed by atoms with Crippen LogP contribution in [-0.2, 0) is 9.59 Å². The summed E-state index contributed by atoms with van der Waals surface area (Å²) in [5.41, 5.74) is 1.57. The number of carbonyl (C=O) groups is 2. The van der Waals surface area contributed by atoms with Crippen molar-refractivity contribution in [1.29, 1.82) is 0 Å². The fourth-order valence-corrected chi connectivity index (χ4v) is 2.08. The molecular formula is C15H17NO4. The minimum absolute atomic E-state index is 0.0114. The van der Waals surface area contributed by atoms with Gasteiger partial charge in [0.2, 0.25) is 5.91 Å². The van der Waals surface area contributed by atoms with Gasteiger partial charge in [-0.1, -0.05) is 12.2 Å². The average Bonchev–Trinajstić information content (AvgIpc) is 2.93. The summed E-state index contributed by atoms with van der Waals surface area (Å²) < 4.78 is 5.09. The number of amides is 1. The number of aliphatic carboxylic acids is 1. The minimum Gasteiger partial charge on any atom is -0.482 e. The van der Waals surface area contributed by atoms with Crippen LogP contribution >= 0.6 is 0 Å². The van der Waals surface area contributed by atoms with Crippen LogP contribution in [0.15, 0.2) is 30.4 Å². The lowest BCUT2D eigenvalue weighted by atomic mass is 10.1. The number of benzene rings is 1. The highest BCUT2D eigenvalue weighted by Gasteiger charge is 2.19. The largest absolute Gasteiger partial charge is 0.482 e. The van der Waals surface area contributed by atoms with Crippen molar-refractivity contribution in [2.45, 2.75) is 19.8 Å². The summed E-state index contributed by atoms with van der Waals surface area (Å²) in [5, 5.41) is 11.4. The first-order valence-electron chi connectivity index (χ1n) is 6.47. The SMILES string of the molecule is Cc1cc(OCC(=O)O)ccc1NC(=O)C1CC=CC1. The lowest BCUT2D eigenvalue weighted by Crippen LogP contribution is -2.21. The van der Waals surface area contributed by atoms with E-state index >= 15 is 0 Å². The van der Waals surface area contributed by atoms with Crippen LogP contribution in [0.5, 0.6) is 5.75 Å². The van der Waals surface area contributed by atoms with E-state index in [1.165, 1.54) is 0 Å². The predicted molar refractivity (Wildman–Crippen MR) is 74.8 cm³/mol. The summed E-state index contributed by atoms with van der Waals surface area (Å²) in [6, 6.07) is 5.09. The van der Waals surface area contributed by atoms with Crippen LogP contribution in [-0.4, -0.2) is 23.6 Å². The number of carbonyl (C=O) groups excluding carboxylic acids is 1. The Morgan fingerprint density at radius 1 is 1.35 bits per heavy atom. The maximum atomic E-state index is 12.0. The third-order valence-electron chi connectivity index (χ3n) is 3.20. The van der Waals surface area contributed by atoms with Gasteiger partial charge in [0.25, 0.3) is 0 Å². The molecule has 1 aromatic rings. The zero-order valence-electron chi connectivity index (χ0n) is 11.3. The molecule has 0 heterocycles. The van der Waals surface area contributed by atoms with Crippen molar-refractivity contribution in [1.82, 2.24) is 0 Å². The third-order valence-corrected chi connectivity index (χ3v) is 3.20. The Bertz CT molecular complexity index is 543. The Balaban J connectivity index is 1.98. The van der Waals surface area contributed by atoms with Gasteiger partial charge < -0.3 is 15.2 Å². The molecule has 0 bridgehead atoms. The summed E-state index contributed by atoms with van der Waals surface area (Å²) in [6.07, 6.45) is 5.59. The second-order valence-corrected chi connectivity index (χ2v) is 4.79. The molecule has 1 aromatic carbocycles. The molecule has 0 saturated heterocycles. The molecule has 0 spiro atoms. The Morgan fingerprint density at radius 2 is 2.05 bits per heavy atom. The van der Waals surface area contributed by atoms with Crippen LogP contribution in [0, 0.1) is 12.8 Å². The van der Waals surface area contributed by atoms with Crippen molar-refractivity contribution >= 4 is 17.6 Å². The van der Waals surface area contributed by atoms with Crippen LogP contribution in [0.3, 0.4) is 0 Å². The average molecular weight is 275 g/mol. The molecule has 5 nitrogen and oxygen atoms in total. The second-order valence-electron chi connectivity index (χ2n) is 4.79. The molecule has 1 aliphatic rings. The molecule has 0 saturated carbocycles. The smallest absolute Gasteiger partial charge is 0.341 e. The molecule has 1 aliphatic carbocycles. The van der Waals surface area contributed by atoms with Gasteiger partial charge in [0.1, 0.15) is 5.75 Å². The number of anilines is 1. The number of ether oxygens (including phenoxy) is 1. The van der Waals surface area contributed by atoms with E-state index in [0.29, 0.717) is 5.75 Å². The number of allylic oxidation sites excluding steroid dienone is 2. The van der Waals surface area contributed by atoms with Gasteiger partial charge in [-0.15, -0.1) is 0 Å². The Labute approximate surface area is 117 Å². The van der Waals surface area contributed by atoms with Crippen LogP contribution in [0.2, 0.25) is 0 Å². The van der Waals surface area contributed by atoms with Crippen LogP contribution in [0.25, 0.3) is 0 Å². The summed E-state index contributed by atoms with van der Waals surface area (Å²) in [7, 11) is 0. The van der Waals surface area contributed by atoms with Gasteiger partial charge in [0.05, 0.1) is 0 Å². The number of aryl methyl sites for hydroxylation is 1. The van der Waals surface area contributed by atoms with Crippen molar-refractivity contribution in [3.63, 3.8) is 0 Å². The van der Waals surface area contributed by atoms with E-state index in [0.717, 1.165) is 24.1 Å². The van der Waals surface area contributed by atoms with E-state index in [-0.39, 0.29) is 18.4 Å². The van der Waals surface area contributed by atoms with Gasteiger partial charge in [0.15, 0.2) is 6.61 Å². The first-order valence-corrected chi connectivity index (χ1v) is 6.47. The van der Waals surface area contributed by atoms with Gasteiger partial charge in [-0.05, 0) is 43.5 Å². The second kappa shape index (κ2) is 6.23. The standard InChI is InChI=1S/C15H17NO4/c1-10-8-12(20-9-14(17)18)6-7-13(10)16-15(19)11-4-2-3-5-11/h2-3,6-8,11H,4-5,9H2,1H3,(H,16,19)(H,17,18). The monoisotopic (exact) mass is 275 g/mol. The van der Waals surface area contributed by atoms with Crippen LogP contribution < -0.4 is 10.1 Å². The first-order chi connectivity index (χ1) is 9.56. The number of nitrogens with one attached hydrogen (secondary N) is 1. The highest BCUT2D eigenvalue weighted by atomic mass is 16.5. The first kappa shape index (κ1) is 14.1. The number of carboxylic acid groups (broad SMARTS) is 1. The van der Waals surface area contributed by atoms with Gasteiger partial charge in [-0.25, -0.2) is 4.79 Å². The van der Waals surface area contributed by atoms with Gasteiger partial charge in [-0.3, -0.25) is 4.79 Å². The molecule has 0 atom stereocenters. The Hall–Kier alpha value is -2.30. The lowest BCUT2D eigenvalue weighted by Gasteiger charge is -2.13. The summed E-state index contributed by atoms with van der Waals surface area (Å²) in [5.74, 6) is -0.520. The van der Waals surface area contributed by atoms with E-state index in [1.807, 2.05) is 19.1 Å². The zero-order valence-corrected chi connectivity index (χ0v) is 11.3. The van der Waals surface area contributed by atoms with Crippen LogP contribution in [0.4, 0.5) is 5.69 Å². The Morgan fingerprint density at radius 3 is 2.65 bits per heavy atom. The molecule has 2 N–H and O–H groups in total. The highest BCUT2D eigenvalue weighted by molar-refractivity contribution is 5.93. The van der Waals surface area contributed by atoms with Crippen molar-refractivity contribution in [2.24, 2.45) is 5.92 Å². The van der Waals surface area contributed by atoms with Crippen LogP contribution in [0.1, 0.15) is 18.4 Å². The molecule has 0 radical (unpaired) electrons. The van der Waals surface area contributed by atoms with E-state index in [2.05, 4.69) is 5.32 Å². The summed E-state index contributed by atoms with van der Waals surface area (Å²) in [6.45, 7) is 1.47. The highest BCUT2D eigenvalue weighted by Crippen LogP contribution is 2.24. The molecule has 0 unspecified atom stereocenters. The molecule has 20 heavy (non-hydrogen) atoms. The fourth-order valence-electron chi connectivity index (χ4n) is 2.08. The fraction of sp³-hybridized carbons (Fsp3) is 0.333. The van der Waals surface area contributed by atoms with E-state index in [9.17, 15) is 9.59 Å². The number of hydrogen-bond acceptors (Lipinski definition) is 3. The van der Waals surface area contributed by atoms with E-state index in [1.54, 1.807) is 18.2 Å². The third kappa shape index (κ3) is 3.60. The molecule has 0 aromatic heterocycles. The molecular weight excluding hydrogens is 258 g/mol. The zero-order chi connectivity index (χ0) is 14.5. The topological polar surface area (TPSA) is 75.6 Å². The van der Waals surface area contributed by atoms with E-state index in [4.69, 9.17) is 9.84 Å². The van der Waals surface area contributed by atoms with Gasteiger partial charge in [0, 0.05) is 11.6 Å². The van der Waals surface area contributed by atoms with E-state index < -0.39 is 5.97 Å².